The van der Waals surface area contributed by atoms with Gasteiger partial charge in [0.05, 0.1) is 10.7 Å². The average Bonchev–Trinajstić information content (AvgIpc) is 2.84. The Bertz CT molecular complexity index is 563. The molecule has 2 rings (SSSR count). The van der Waals surface area contributed by atoms with Gasteiger partial charge in [0.2, 0.25) is 5.78 Å². The minimum atomic E-state index is -1.92. The molecule has 2 aromatic rings. The van der Waals surface area contributed by atoms with Gasteiger partial charge in [-0.2, -0.15) is 0 Å². The summed E-state index contributed by atoms with van der Waals surface area (Å²) in [5.74, 6) is 0.256. The highest BCUT2D eigenvalue weighted by Crippen LogP contribution is 2.31. The van der Waals surface area contributed by atoms with Crippen molar-refractivity contribution >= 4 is 52.3 Å². The van der Waals surface area contributed by atoms with Crippen molar-refractivity contribution < 1.29 is 4.79 Å². The smallest absolute Gasteiger partial charge is 0.254 e. The van der Waals surface area contributed by atoms with E-state index < -0.39 is 9.58 Å². The van der Waals surface area contributed by atoms with Gasteiger partial charge in [-0.15, -0.1) is 11.8 Å². The number of thioether (sulfide) groups is 1. The zero-order valence-corrected chi connectivity index (χ0v) is 12.8. The minimum Gasteiger partial charge on any atom is -0.347 e. The van der Waals surface area contributed by atoms with Crippen LogP contribution in [0.5, 0.6) is 0 Å². The quantitative estimate of drug-likeness (QED) is 0.492. The number of rotatable bonds is 4. The van der Waals surface area contributed by atoms with Gasteiger partial charge in [0.15, 0.2) is 0 Å². The van der Waals surface area contributed by atoms with Crippen LogP contribution in [0, 0.1) is 0 Å². The molecule has 1 aromatic carbocycles. The van der Waals surface area contributed by atoms with Crippen molar-refractivity contribution in [3.63, 3.8) is 0 Å². The second kappa shape index (κ2) is 6.23. The molecule has 0 saturated heterocycles. The molecule has 1 aromatic heterocycles. The molecule has 6 heteroatoms. The zero-order chi connectivity index (χ0) is 13.9. The van der Waals surface area contributed by atoms with Gasteiger partial charge in [-0.3, -0.25) is 4.79 Å². The predicted octanol–water partition coefficient (Wildman–Crippen LogP) is 4.86. The molecular formula is C13H10Cl3NOS. The second-order valence-electron chi connectivity index (χ2n) is 3.84. The Morgan fingerprint density at radius 1 is 1.11 bits per heavy atom. The first-order valence-electron chi connectivity index (χ1n) is 5.44. The van der Waals surface area contributed by atoms with Crippen LogP contribution >= 0.6 is 46.6 Å². The highest BCUT2D eigenvalue weighted by Gasteiger charge is 2.32. The molecule has 0 unspecified atom stereocenters. The van der Waals surface area contributed by atoms with Crippen molar-refractivity contribution in [2.45, 2.75) is 14.6 Å². The Morgan fingerprint density at radius 3 is 2.42 bits per heavy atom. The van der Waals surface area contributed by atoms with Crippen LogP contribution in [0.2, 0.25) is 0 Å². The number of carbonyl (C=O) groups is 1. The summed E-state index contributed by atoms with van der Waals surface area (Å²) in [6.45, 7) is 0. The van der Waals surface area contributed by atoms with E-state index >= 15 is 0 Å². The summed E-state index contributed by atoms with van der Waals surface area (Å²) in [4.78, 5) is 14.7. The van der Waals surface area contributed by atoms with Crippen LogP contribution in [-0.2, 0) is 5.75 Å². The van der Waals surface area contributed by atoms with Crippen molar-refractivity contribution in [3.05, 3.63) is 53.7 Å². The number of benzene rings is 1. The first-order chi connectivity index (χ1) is 8.97. The van der Waals surface area contributed by atoms with Gasteiger partial charge in [0.25, 0.3) is 3.79 Å². The summed E-state index contributed by atoms with van der Waals surface area (Å²) in [7, 11) is 0. The lowest BCUT2D eigenvalue weighted by atomic mass is 10.2. The third kappa shape index (κ3) is 4.18. The fraction of sp³-hybridized carbons (Fsp3) is 0.154. The number of alkyl halides is 3. The molecular weight excluding hydrogens is 325 g/mol. The number of nitrogens with one attached hydrogen (secondary N) is 1. The van der Waals surface area contributed by atoms with Crippen LogP contribution in [0.4, 0.5) is 0 Å². The molecule has 0 aliphatic heterocycles. The van der Waals surface area contributed by atoms with Gasteiger partial charge in [-0.25, -0.2) is 0 Å². The predicted molar refractivity (Wildman–Crippen MR) is 81.4 cm³/mol. The maximum absolute atomic E-state index is 11.7. The molecule has 2 nitrogen and oxygen atoms in total. The summed E-state index contributed by atoms with van der Waals surface area (Å²) in [6.07, 6.45) is 0. The normalized spacial score (nSPS) is 11.5. The standard InChI is InChI=1S/C13H10Cl3NOS/c14-13(15,16)12(18)10-6-7-11(17-10)19-8-9-4-2-1-3-5-9/h1-7,17H,8H2. The van der Waals surface area contributed by atoms with Crippen molar-refractivity contribution in [2.75, 3.05) is 0 Å². The fourth-order valence-corrected chi connectivity index (χ4v) is 2.65. The number of H-pyrrole nitrogens is 1. The Hall–Kier alpha value is -0.610. The third-order valence-electron chi connectivity index (χ3n) is 2.40. The van der Waals surface area contributed by atoms with Crippen LogP contribution in [0.15, 0.2) is 47.5 Å². The molecule has 1 heterocycles. The minimum absolute atomic E-state index is 0.301. The lowest BCUT2D eigenvalue weighted by Crippen LogP contribution is -2.19. The molecule has 0 aliphatic rings. The summed E-state index contributed by atoms with van der Waals surface area (Å²) >= 11 is 18.3. The summed E-state index contributed by atoms with van der Waals surface area (Å²) in [6, 6.07) is 13.5. The van der Waals surface area contributed by atoms with Crippen molar-refractivity contribution in [1.82, 2.24) is 4.98 Å². The Balaban J connectivity index is 2.00. The van der Waals surface area contributed by atoms with Crippen LogP contribution in [0.1, 0.15) is 16.1 Å². The maximum atomic E-state index is 11.7. The molecule has 0 bridgehead atoms. The van der Waals surface area contributed by atoms with Crippen LogP contribution in [-0.4, -0.2) is 14.6 Å². The number of halogens is 3. The van der Waals surface area contributed by atoms with Crippen molar-refractivity contribution in [1.29, 1.82) is 0 Å². The molecule has 0 radical (unpaired) electrons. The Labute approximate surface area is 130 Å². The maximum Gasteiger partial charge on any atom is 0.254 e. The number of Topliss-reactive ketones (excluding diaryl/α,β-unsaturated/α-hetero) is 1. The molecule has 1 N–H and O–H groups in total. The largest absolute Gasteiger partial charge is 0.347 e. The number of aromatic nitrogens is 1. The monoisotopic (exact) mass is 333 g/mol. The first kappa shape index (κ1) is 14.8. The van der Waals surface area contributed by atoms with E-state index in [1.54, 1.807) is 23.9 Å². The molecule has 19 heavy (non-hydrogen) atoms. The topological polar surface area (TPSA) is 32.9 Å². The van der Waals surface area contributed by atoms with Crippen molar-refractivity contribution in [3.8, 4) is 0 Å². The summed E-state index contributed by atoms with van der Waals surface area (Å²) < 4.78 is -1.92. The second-order valence-corrected chi connectivity index (χ2v) is 7.14. The lowest BCUT2D eigenvalue weighted by Gasteiger charge is -2.07. The van der Waals surface area contributed by atoms with E-state index in [0.717, 1.165) is 10.8 Å². The molecule has 0 fully saturated rings. The van der Waals surface area contributed by atoms with E-state index in [-0.39, 0.29) is 0 Å². The Kier molecular flexibility index (Phi) is 4.85. The van der Waals surface area contributed by atoms with E-state index in [4.69, 9.17) is 34.8 Å². The molecule has 0 saturated carbocycles. The first-order valence-corrected chi connectivity index (χ1v) is 7.56. The summed E-state index contributed by atoms with van der Waals surface area (Å²) in [5.41, 5.74) is 1.51. The number of hydrogen-bond donors (Lipinski definition) is 1. The van der Waals surface area contributed by atoms with Gasteiger partial charge in [-0.05, 0) is 17.7 Å². The van der Waals surface area contributed by atoms with Crippen LogP contribution in [0.25, 0.3) is 0 Å². The summed E-state index contributed by atoms with van der Waals surface area (Å²) in [5, 5.41) is 0.862. The molecule has 100 valence electrons. The molecule has 0 spiro atoms. The van der Waals surface area contributed by atoms with E-state index in [1.807, 2.05) is 30.3 Å². The van der Waals surface area contributed by atoms with Gasteiger partial charge in [-0.1, -0.05) is 65.1 Å². The number of aromatic amines is 1. The number of carbonyl (C=O) groups excluding carboxylic acids is 1. The van der Waals surface area contributed by atoms with Gasteiger partial charge in [0, 0.05) is 5.75 Å². The molecule has 0 aliphatic carbocycles. The van der Waals surface area contributed by atoms with E-state index in [1.165, 1.54) is 5.56 Å². The Morgan fingerprint density at radius 2 is 1.79 bits per heavy atom. The van der Waals surface area contributed by atoms with E-state index in [2.05, 4.69) is 4.98 Å². The van der Waals surface area contributed by atoms with E-state index in [0.29, 0.717) is 5.69 Å². The lowest BCUT2D eigenvalue weighted by molar-refractivity contribution is 0.0992. The van der Waals surface area contributed by atoms with Crippen LogP contribution < -0.4 is 0 Å². The molecule has 0 amide bonds. The van der Waals surface area contributed by atoms with Gasteiger partial charge < -0.3 is 4.98 Å². The van der Waals surface area contributed by atoms with Gasteiger partial charge >= 0.3 is 0 Å². The third-order valence-corrected chi connectivity index (χ3v) is 3.94. The molecule has 0 atom stereocenters. The van der Waals surface area contributed by atoms with Gasteiger partial charge in [0.1, 0.15) is 0 Å². The zero-order valence-electron chi connectivity index (χ0n) is 9.70. The van der Waals surface area contributed by atoms with E-state index in [9.17, 15) is 4.79 Å². The highest BCUT2D eigenvalue weighted by molar-refractivity contribution is 7.98. The number of hydrogen-bond acceptors (Lipinski definition) is 2. The van der Waals surface area contributed by atoms with Crippen LogP contribution in [0.3, 0.4) is 0 Å². The van der Waals surface area contributed by atoms with Crippen molar-refractivity contribution in [2.24, 2.45) is 0 Å². The fourth-order valence-electron chi connectivity index (χ4n) is 1.48. The highest BCUT2D eigenvalue weighted by atomic mass is 35.6. The number of ketones is 1. The average molecular weight is 335 g/mol. The SMILES string of the molecule is O=C(c1ccc(SCc2ccccc2)[nH]1)C(Cl)(Cl)Cl.